The van der Waals surface area contributed by atoms with Crippen molar-refractivity contribution < 1.29 is 0 Å². The molecule has 1 aliphatic rings. The highest BCUT2D eigenvalue weighted by Gasteiger charge is 2.25. The third kappa shape index (κ3) is 1.82. The molecule has 0 bridgehead atoms. The number of benzene rings is 1. The van der Waals surface area contributed by atoms with Gasteiger partial charge in [-0.2, -0.15) is 0 Å². The first kappa shape index (κ1) is 10.1. The van der Waals surface area contributed by atoms with E-state index in [2.05, 4.69) is 43.4 Å². The van der Waals surface area contributed by atoms with Crippen LogP contribution in [0, 0.1) is 5.92 Å². The second kappa shape index (κ2) is 4.37. The summed E-state index contributed by atoms with van der Waals surface area (Å²) in [4.78, 5) is 1.46. The second-order valence-electron chi connectivity index (χ2n) is 3.86. The van der Waals surface area contributed by atoms with Gasteiger partial charge in [0.25, 0.3) is 0 Å². The lowest BCUT2D eigenvalue weighted by Crippen LogP contribution is -2.30. The summed E-state index contributed by atoms with van der Waals surface area (Å²) >= 11 is 1.99. The molecule has 0 aliphatic carbocycles. The Bertz CT molecular complexity index is 311. The monoisotopic (exact) mass is 207 g/mol. The Labute approximate surface area is 90.3 Å². The van der Waals surface area contributed by atoms with Crippen molar-refractivity contribution in [2.75, 3.05) is 12.3 Å². The molecule has 1 aliphatic heterocycles. The molecule has 2 unspecified atom stereocenters. The van der Waals surface area contributed by atoms with E-state index >= 15 is 0 Å². The third-order valence-corrected chi connectivity index (χ3v) is 4.12. The maximum atomic E-state index is 3.58. The molecule has 1 aromatic rings. The van der Waals surface area contributed by atoms with Crippen molar-refractivity contribution in [1.82, 2.24) is 5.32 Å². The molecule has 2 atom stereocenters. The molecule has 0 fully saturated rings. The SMILES string of the molecule is CCNC1c2ccccc2SCC1C. The topological polar surface area (TPSA) is 12.0 Å². The van der Waals surface area contributed by atoms with Crippen LogP contribution in [-0.2, 0) is 0 Å². The van der Waals surface area contributed by atoms with E-state index in [1.54, 1.807) is 0 Å². The Hall–Kier alpha value is -0.470. The number of thioether (sulfide) groups is 1. The summed E-state index contributed by atoms with van der Waals surface area (Å²) in [5.41, 5.74) is 1.48. The van der Waals surface area contributed by atoms with Gasteiger partial charge in [-0.05, 0) is 24.1 Å². The van der Waals surface area contributed by atoms with Crippen LogP contribution in [0.4, 0.5) is 0 Å². The Morgan fingerprint density at radius 1 is 1.43 bits per heavy atom. The molecule has 0 amide bonds. The molecule has 76 valence electrons. The molecule has 1 aromatic carbocycles. The van der Waals surface area contributed by atoms with E-state index in [1.807, 2.05) is 11.8 Å². The molecule has 2 rings (SSSR count). The Balaban J connectivity index is 2.31. The number of rotatable bonds is 2. The van der Waals surface area contributed by atoms with Gasteiger partial charge in [0.15, 0.2) is 0 Å². The molecule has 0 spiro atoms. The van der Waals surface area contributed by atoms with Crippen LogP contribution in [0.25, 0.3) is 0 Å². The predicted octanol–water partition coefficient (Wildman–Crippen LogP) is 3.08. The zero-order valence-corrected chi connectivity index (χ0v) is 9.60. The van der Waals surface area contributed by atoms with Gasteiger partial charge in [0.2, 0.25) is 0 Å². The van der Waals surface area contributed by atoms with Crippen LogP contribution in [0.2, 0.25) is 0 Å². The molecule has 0 aromatic heterocycles. The van der Waals surface area contributed by atoms with Gasteiger partial charge in [0, 0.05) is 16.7 Å². The van der Waals surface area contributed by atoms with Crippen molar-refractivity contribution in [2.24, 2.45) is 5.92 Å². The van der Waals surface area contributed by atoms with E-state index in [0.717, 1.165) is 12.5 Å². The predicted molar refractivity (Wildman–Crippen MR) is 62.7 cm³/mol. The molecular formula is C12H17NS. The highest BCUT2D eigenvalue weighted by atomic mass is 32.2. The Morgan fingerprint density at radius 2 is 2.21 bits per heavy atom. The van der Waals surface area contributed by atoms with Crippen LogP contribution in [0.3, 0.4) is 0 Å². The van der Waals surface area contributed by atoms with Crippen LogP contribution < -0.4 is 5.32 Å². The molecule has 2 heteroatoms. The maximum Gasteiger partial charge on any atom is 0.0365 e. The van der Waals surface area contributed by atoms with Crippen molar-refractivity contribution in [3.63, 3.8) is 0 Å². The maximum absolute atomic E-state index is 3.58. The summed E-state index contributed by atoms with van der Waals surface area (Å²) in [6, 6.07) is 9.31. The molecule has 0 saturated carbocycles. The van der Waals surface area contributed by atoms with Gasteiger partial charge in [0.1, 0.15) is 0 Å². The summed E-state index contributed by atoms with van der Waals surface area (Å²) in [6.07, 6.45) is 0. The van der Waals surface area contributed by atoms with Gasteiger partial charge in [-0.1, -0.05) is 32.0 Å². The van der Waals surface area contributed by atoms with Gasteiger partial charge in [0.05, 0.1) is 0 Å². The van der Waals surface area contributed by atoms with Gasteiger partial charge in [-0.3, -0.25) is 0 Å². The quantitative estimate of drug-likeness (QED) is 0.800. The molecule has 1 heterocycles. The zero-order valence-electron chi connectivity index (χ0n) is 8.79. The van der Waals surface area contributed by atoms with E-state index < -0.39 is 0 Å². The molecular weight excluding hydrogens is 190 g/mol. The van der Waals surface area contributed by atoms with Crippen LogP contribution in [0.1, 0.15) is 25.5 Å². The van der Waals surface area contributed by atoms with Crippen molar-refractivity contribution in [3.8, 4) is 0 Å². The van der Waals surface area contributed by atoms with Gasteiger partial charge >= 0.3 is 0 Å². The lowest BCUT2D eigenvalue weighted by molar-refractivity contribution is 0.416. The fourth-order valence-electron chi connectivity index (χ4n) is 2.02. The zero-order chi connectivity index (χ0) is 9.97. The minimum atomic E-state index is 0.553. The summed E-state index contributed by atoms with van der Waals surface area (Å²) in [7, 11) is 0. The molecule has 0 saturated heterocycles. The number of hydrogen-bond donors (Lipinski definition) is 1. The fraction of sp³-hybridized carbons (Fsp3) is 0.500. The highest BCUT2D eigenvalue weighted by molar-refractivity contribution is 7.99. The average molecular weight is 207 g/mol. The number of fused-ring (bicyclic) bond motifs is 1. The van der Waals surface area contributed by atoms with Gasteiger partial charge in [-0.25, -0.2) is 0 Å². The normalized spacial score (nSPS) is 25.9. The summed E-state index contributed by atoms with van der Waals surface area (Å²) in [5.74, 6) is 1.96. The lowest BCUT2D eigenvalue weighted by Gasteiger charge is -2.31. The average Bonchev–Trinajstić information content (AvgIpc) is 2.23. The van der Waals surface area contributed by atoms with Gasteiger partial charge in [-0.15, -0.1) is 11.8 Å². The van der Waals surface area contributed by atoms with Crippen molar-refractivity contribution in [2.45, 2.75) is 24.8 Å². The van der Waals surface area contributed by atoms with Crippen LogP contribution in [0.15, 0.2) is 29.2 Å². The van der Waals surface area contributed by atoms with Crippen molar-refractivity contribution in [1.29, 1.82) is 0 Å². The largest absolute Gasteiger partial charge is 0.310 e. The van der Waals surface area contributed by atoms with Gasteiger partial charge < -0.3 is 5.32 Å². The van der Waals surface area contributed by atoms with E-state index in [1.165, 1.54) is 16.2 Å². The van der Waals surface area contributed by atoms with Crippen molar-refractivity contribution in [3.05, 3.63) is 29.8 Å². The second-order valence-corrected chi connectivity index (χ2v) is 4.92. The highest BCUT2D eigenvalue weighted by Crippen LogP contribution is 2.38. The molecule has 0 radical (unpaired) electrons. The van der Waals surface area contributed by atoms with E-state index in [4.69, 9.17) is 0 Å². The van der Waals surface area contributed by atoms with Crippen LogP contribution >= 0.6 is 11.8 Å². The number of hydrogen-bond acceptors (Lipinski definition) is 2. The minimum absolute atomic E-state index is 0.553. The summed E-state index contributed by atoms with van der Waals surface area (Å²) < 4.78 is 0. The summed E-state index contributed by atoms with van der Waals surface area (Å²) in [6.45, 7) is 5.56. The first-order valence-electron chi connectivity index (χ1n) is 5.28. The van der Waals surface area contributed by atoms with E-state index in [9.17, 15) is 0 Å². The molecule has 14 heavy (non-hydrogen) atoms. The Kier molecular flexibility index (Phi) is 3.14. The first-order valence-corrected chi connectivity index (χ1v) is 6.26. The Morgan fingerprint density at radius 3 is 3.00 bits per heavy atom. The van der Waals surface area contributed by atoms with Crippen molar-refractivity contribution >= 4 is 11.8 Å². The fourth-order valence-corrected chi connectivity index (χ4v) is 3.20. The first-order chi connectivity index (χ1) is 6.83. The smallest absolute Gasteiger partial charge is 0.0365 e. The van der Waals surface area contributed by atoms with E-state index in [-0.39, 0.29) is 0 Å². The molecule has 1 nitrogen and oxygen atoms in total. The van der Waals surface area contributed by atoms with E-state index in [0.29, 0.717) is 6.04 Å². The van der Waals surface area contributed by atoms with Crippen LogP contribution in [0.5, 0.6) is 0 Å². The lowest BCUT2D eigenvalue weighted by atomic mass is 9.95. The van der Waals surface area contributed by atoms with Crippen LogP contribution in [-0.4, -0.2) is 12.3 Å². The standard InChI is InChI=1S/C12H17NS/c1-3-13-12-9(2)8-14-11-7-5-4-6-10(11)12/h4-7,9,12-13H,3,8H2,1-2H3. The third-order valence-electron chi connectivity index (χ3n) is 2.75. The molecule has 1 N–H and O–H groups in total. The number of nitrogens with one attached hydrogen (secondary N) is 1. The summed E-state index contributed by atoms with van der Waals surface area (Å²) in [5, 5.41) is 3.58. The minimum Gasteiger partial charge on any atom is -0.310 e.